The van der Waals surface area contributed by atoms with Crippen molar-refractivity contribution >= 4 is 0 Å². The van der Waals surface area contributed by atoms with Gasteiger partial charge in [0.05, 0.1) is 13.2 Å². The lowest BCUT2D eigenvalue weighted by molar-refractivity contribution is 0.0234. The van der Waals surface area contributed by atoms with E-state index in [2.05, 4.69) is 0 Å². The van der Waals surface area contributed by atoms with Crippen LogP contribution in [0.2, 0.25) is 0 Å². The molecule has 3 nitrogen and oxygen atoms in total. The summed E-state index contributed by atoms with van der Waals surface area (Å²) in [5.41, 5.74) is 6.54. The zero-order valence-electron chi connectivity index (χ0n) is 8.91. The van der Waals surface area contributed by atoms with Gasteiger partial charge in [-0.1, -0.05) is 0 Å². The van der Waals surface area contributed by atoms with Crippen LogP contribution in [-0.4, -0.2) is 18.8 Å². The Hall–Kier alpha value is -1.13. The fourth-order valence-corrected chi connectivity index (χ4v) is 2.52. The van der Waals surface area contributed by atoms with Gasteiger partial charge in [0.15, 0.2) is 0 Å². The minimum atomic E-state index is -0.287. The van der Waals surface area contributed by atoms with Crippen LogP contribution in [0.5, 0.6) is 5.75 Å². The summed E-state index contributed by atoms with van der Waals surface area (Å²) in [5.74, 6) is 0.432. The van der Waals surface area contributed by atoms with Crippen LogP contribution < -0.4 is 10.5 Å². The van der Waals surface area contributed by atoms with Crippen LogP contribution in [0.4, 0.5) is 4.39 Å². The van der Waals surface area contributed by atoms with Crippen LogP contribution in [0.25, 0.3) is 0 Å². The molecule has 1 spiro atoms. The number of halogens is 1. The first-order chi connectivity index (χ1) is 7.69. The van der Waals surface area contributed by atoms with Gasteiger partial charge in [0.25, 0.3) is 0 Å². The van der Waals surface area contributed by atoms with Crippen LogP contribution in [0.3, 0.4) is 0 Å². The molecule has 1 aromatic rings. The molecule has 2 aliphatic rings. The van der Waals surface area contributed by atoms with Gasteiger partial charge in [-0.25, -0.2) is 4.39 Å². The number of fused-ring (bicyclic) bond motifs is 1. The lowest BCUT2D eigenvalue weighted by atomic mass is 9.87. The Morgan fingerprint density at radius 3 is 3.06 bits per heavy atom. The number of hydrogen-bond acceptors (Lipinski definition) is 3. The zero-order valence-corrected chi connectivity index (χ0v) is 8.91. The summed E-state index contributed by atoms with van der Waals surface area (Å²) in [5, 5.41) is 0. The molecule has 1 saturated heterocycles. The van der Waals surface area contributed by atoms with E-state index >= 15 is 0 Å². The molecule has 0 aliphatic carbocycles. The molecule has 0 amide bonds. The molecule has 0 bridgehead atoms. The van der Waals surface area contributed by atoms with Crippen molar-refractivity contribution in [3.05, 3.63) is 29.6 Å². The molecule has 0 radical (unpaired) electrons. The van der Waals surface area contributed by atoms with Crippen molar-refractivity contribution in [2.75, 3.05) is 13.2 Å². The molecule has 0 aromatic heterocycles. The summed E-state index contributed by atoms with van der Waals surface area (Å²) >= 11 is 0. The lowest BCUT2D eigenvalue weighted by Crippen LogP contribution is -2.43. The number of benzene rings is 1. The summed E-state index contributed by atoms with van der Waals surface area (Å²) in [6.45, 7) is 1.29. The summed E-state index contributed by atoms with van der Waals surface area (Å²) in [6.07, 6.45) is 1.56. The standard InChI is InChI=1S/C12H14FNO2/c13-8-1-2-11-9(5-8)10(14)6-12(16-11)3-4-15-7-12/h1-2,5,10H,3-4,6-7,14H2/t10-,12?/m0/s1. The maximum atomic E-state index is 13.1. The molecule has 3 rings (SSSR count). The van der Waals surface area contributed by atoms with Crippen LogP contribution in [0, 0.1) is 5.82 Å². The maximum absolute atomic E-state index is 13.1. The highest BCUT2D eigenvalue weighted by Crippen LogP contribution is 2.42. The van der Waals surface area contributed by atoms with Gasteiger partial charge < -0.3 is 15.2 Å². The number of rotatable bonds is 0. The highest BCUT2D eigenvalue weighted by Gasteiger charge is 2.43. The Balaban J connectivity index is 1.99. The van der Waals surface area contributed by atoms with E-state index in [4.69, 9.17) is 15.2 Å². The summed E-state index contributed by atoms with van der Waals surface area (Å²) in [7, 11) is 0. The normalized spacial score (nSPS) is 32.5. The highest BCUT2D eigenvalue weighted by molar-refractivity contribution is 5.39. The van der Waals surface area contributed by atoms with E-state index in [-0.39, 0.29) is 17.5 Å². The smallest absolute Gasteiger partial charge is 0.136 e. The Morgan fingerprint density at radius 2 is 2.31 bits per heavy atom. The van der Waals surface area contributed by atoms with Crippen molar-refractivity contribution in [1.82, 2.24) is 0 Å². The average molecular weight is 223 g/mol. The van der Waals surface area contributed by atoms with Crippen molar-refractivity contribution in [2.45, 2.75) is 24.5 Å². The largest absolute Gasteiger partial charge is 0.484 e. The van der Waals surface area contributed by atoms with Gasteiger partial charge in [0, 0.05) is 24.4 Å². The Bertz CT molecular complexity index is 415. The predicted octanol–water partition coefficient (Wildman–Crippen LogP) is 1.77. The molecule has 4 heteroatoms. The zero-order chi connectivity index (χ0) is 11.2. The number of nitrogens with two attached hydrogens (primary N) is 1. The van der Waals surface area contributed by atoms with Gasteiger partial charge in [0.2, 0.25) is 0 Å². The summed E-state index contributed by atoms with van der Waals surface area (Å²) in [6, 6.07) is 4.36. The van der Waals surface area contributed by atoms with Gasteiger partial charge in [-0.3, -0.25) is 0 Å². The van der Waals surface area contributed by atoms with E-state index in [0.29, 0.717) is 25.4 Å². The quantitative estimate of drug-likeness (QED) is 0.729. The molecule has 2 N–H and O–H groups in total. The Labute approximate surface area is 93.3 Å². The van der Waals surface area contributed by atoms with Crippen LogP contribution in [0.15, 0.2) is 18.2 Å². The molecule has 2 atom stereocenters. The van der Waals surface area contributed by atoms with E-state index in [1.54, 1.807) is 6.07 Å². The van der Waals surface area contributed by atoms with Crippen molar-refractivity contribution < 1.29 is 13.9 Å². The number of hydrogen-bond donors (Lipinski definition) is 1. The molecule has 2 heterocycles. The first-order valence-electron chi connectivity index (χ1n) is 5.50. The Morgan fingerprint density at radius 1 is 1.44 bits per heavy atom. The topological polar surface area (TPSA) is 44.5 Å². The number of ether oxygens (including phenoxy) is 2. The van der Waals surface area contributed by atoms with Crippen molar-refractivity contribution in [2.24, 2.45) is 5.73 Å². The molecule has 16 heavy (non-hydrogen) atoms. The van der Waals surface area contributed by atoms with Crippen LogP contribution in [-0.2, 0) is 4.74 Å². The second-order valence-electron chi connectivity index (χ2n) is 4.58. The monoisotopic (exact) mass is 223 g/mol. The SMILES string of the molecule is N[C@H]1CC2(CCOC2)Oc2ccc(F)cc21. The third kappa shape index (κ3) is 1.49. The van der Waals surface area contributed by atoms with E-state index in [9.17, 15) is 4.39 Å². The second kappa shape index (κ2) is 3.43. The lowest BCUT2D eigenvalue weighted by Gasteiger charge is -2.37. The molecule has 86 valence electrons. The van der Waals surface area contributed by atoms with Gasteiger partial charge in [-0.15, -0.1) is 0 Å². The average Bonchev–Trinajstić information content (AvgIpc) is 2.68. The van der Waals surface area contributed by atoms with E-state index in [1.165, 1.54) is 12.1 Å². The van der Waals surface area contributed by atoms with E-state index in [1.807, 2.05) is 0 Å². The van der Waals surface area contributed by atoms with E-state index in [0.717, 1.165) is 12.0 Å². The second-order valence-corrected chi connectivity index (χ2v) is 4.58. The summed E-state index contributed by atoms with van der Waals surface area (Å²) < 4.78 is 24.4. The molecule has 2 aliphatic heterocycles. The maximum Gasteiger partial charge on any atom is 0.136 e. The Kier molecular flexibility index (Phi) is 2.16. The molecule has 1 unspecified atom stereocenters. The van der Waals surface area contributed by atoms with E-state index < -0.39 is 0 Å². The van der Waals surface area contributed by atoms with Crippen LogP contribution in [0.1, 0.15) is 24.4 Å². The molecule has 1 fully saturated rings. The minimum absolute atomic E-state index is 0.166. The molecular weight excluding hydrogens is 209 g/mol. The van der Waals surface area contributed by atoms with Gasteiger partial charge in [0.1, 0.15) is 17.2 Å². The fourth-order valence-electron chi connectivity index (χ4n) is 2.52. The van der Waals surface area contributed by atoms with Crippen LogP contribution >= 0.6 is 0 Å². The first kappa shape index (κ1) is 10.1. The minimum Gasteiger partial charge on any atom is -0.484 e. The molecule has 0 saturated carbocycles. The fraction of sp³-hybridized carbons (Fsp3) is 0.500. The van der Waals surface area contributed by atoms with Gasteiger partial charge >= 0.3 is 0 Å². The predicted molar refractivity (Wildman–Crippen MR) is 56.7 cm³/mol. The third-order valence-corrected chi connectivity index (χ3v) is 3.36. The van der Waals surface area contributed by atoms with Gasteiger partial charge in [-0.2, -0.15) is 0 Å². The summed E-state index contributed by atoms with van der Waals surface area (Å²) in [4.78, 5) is 0. The van der Waals surface area contributed by atoms with Crippen molar-refractivity contribution in [3.8, 4) is 5.75 Å². The van der Waals surface area contributed by atoms with Gasteiger partial charge in [-0.05, 0) is 18.2 Å². The highest BCUT2D eigenvalue weighted by atomic mass is 19.1. The first-order valence-corrected chi connectivity index (χ1v) is 5.50. The van der Waals surface area contributed by atoms with Crippen molar-refractivity contribution in [1.29, 1.82) is 0 Å². The third-order valence-electron chi connectivity index (χ3n) is 3.36. The molecular formula is C12H14FNO2. The van der Waals surface area contributed by atoms with Crippen molar-refractivity contribution in [3.63, 3.8) is 0 Å². The molecule has 1 aromatic carbocycles.